The highest BCUT2D eigenvalue weighted by Gasteiger charge is 2.53. The molecule has 5 rings (SSSR count). The number of aromatic nitrogens is 2. The number of ether oxygens (including phenoxy) is 1. The zero-order valence-electron chi connectivity index (χ0n) is 17.9. The van der Waals surface area contributed by atoms with Crippen molar-refractivity contribution in [2.45, 2.75) is 24.9 Å². The quantitative estimate of drug-likeness (QED) is 0.376. The summed E-state index contributed by atoms with van der Waals surface area (Å²) in [5.41, 5.74) is 0.418. The summed E-state index contributed by atoms with van der Waals surface area (Å²) >= 11 is 2.36. The van der Waals surface area contributed by atoms with Crippen LogP contribution in [0.5, 0.6) is 0 Å². The van der Waals surface area contributed by atoms with Gasteiger partial charge in [-0.05, 0) is 30.4 Å². The van der Waals surface area contributed by atoms with Gasteiger partial charge in [0.15, 0.2) is 5.82 Å². The summed E-state index contributed by atoms with van der Waals surface area (Å²) in [4.78, 5) is 24.7. The topological polar surface area (TPSA) is 93.5 Å². The van der Waals surface area contributed by atoms with Crippen LogP contribution in [0.25, 0.3) is 9.40 Å². The Bertz CT molecular complexity index is 1470. The van der Waals surface area contributed by atoms with Crippen LogP contribution >= 0.6 is 22.7 Å². The molecule has 0 saturated heterocycles. The Morgan fingerprint density at radius 1 is 1.26 bits per heavy atom. The number of aliphatic carboxylic acids is 1. The lowest BCUT2D eigenvalue weighted by atomic mass is 10.1. The van der Waals surface area contributed by atoms with Crippen LogP contribution in [-0.2, 0) is 28.6 Å². The van der Waals surface area contributed by atoms with Crippen LogP contribution < -0.4 is 5.32 Å². The van der Waals surface area contributed by atoms with Crippen LogP contribution in [0.15, 0.2) is 42.6 Å². The van der Waals surface area contributed by atoms with E-state index in [2.05, 4.69) is 22.3 Å². The lowest BCUT2D eigenvalue weighted by Gasteiger charge is -2.07. The van der Waals surface area contributed by atoms with Gasteiger partial charge in [-0.3, -0.25) is 14.8 Å². The third kappa shape index (κ3) is 4.04. The minimum absolute atomic E-state index is 0.119. The first kappa shape index (κ1) is 22.1. The molecule has 3 heterocycles. The zero-order valence-corrected chi connectivity index (χ0v) is 19.6. The van der Waals surface area contributed by atoms with E-state index in [0.29, 0.717) is 38.5 Å². The van der Waals surface area contributed by atoms with Gasteiger partial charge in [-0.1, -0.05) is 36.3 Å². The van der Waals surface area contributed by atoms with Gasteiger partial charge in [0.05, 0.1) is 16.5 Å². The molecule has 0 radical (unpaired) electrons. The van der Waals surface area contributed by atoms with Crippen molar-refractivity contribution < 1.29 is 23.8 Å². The zero-order chi connectivity index (χ0) is 23.9. The lowest BCUT2D eigenvalue weighted by molar-refractivity contribution is -0.139. The van der Waals surface area contributed by atoms with Crippen LogP contribution in [0.1, 0.15) is 33.7 Å². The maximum absolute atomic E-state index is 15.0. The molecule has 0 atom stereocenters. The molecule has 7 nitrogen and oxygen atoms in total. The normalized spacial score (nSPS) is 13.8. The summed E-state index contributed by atoms with van der Waals surface area (Å²) in [6.45, 7) is 0.119. The van der Waals surface area contributed by atoms with Gasteiger partial charge in [0.1, 0.15) is 22.7 Å². The Balaban J connectivity index is 1.33. The Kier molecular flexibility index (Phi) is 5.59. The van der Waals surface area contributed by atoms with Crippen molar-refractivity contribution in [3.8, 4) is 11.8 Å². The lowest BCUT2D eigenvalue weighted by Crippen LogP contribution is -2.17. The monoisotopic (exact) mass is 495 g/mol. The molecule has 172 valence electrons. The summed E-state index contributed by atoms with van der Waals surface area (Å²) in [7, 11) is 1.65. The van der Waals surface area contributed by atoms with Gasteiger partial charge in [0.2, 0.25) is 0 Å². The minimum atomic E-state index is -0.860. The van der Waals surface area contributed by atoms with Crippen molar-refractivity contribution in [1.29, 1.82) is 0 Å². The molecule has 1 fully saturated rings. The largest absolute Gasteiger partial charge is 0.481 e. The number of nitrogens with zero attached hydrogens (tertiary/aromatic N) is 2. The van der Waals surface area contributed by atoms with Crippen LogP contribution in [0, 0.1) is 17.7 Å². The second-order valence-electron chi connectivity index (χ2n) is 7.90. The minimum Gasteiger partial charge on any atom is -0.481 e. The molecule has 3 aromatic heterocycles. The number of anilines is 1. The molecule has 0 bridgehead atoms. The first-order valence-corrected chi connectivity index (χ1v) is 12.0. The van der Waals surface area contributed by atoms with Gasteiger partial charge in [-0.15, -0.1) is 22.7 Å². The van der Waals surface area contributed by atoms with E-state index in [9.17, 15) is 19.1 Å². The number of fused-ring (bicyclic) bond motifs is 1. The van der Waals surface area contributed by atoms with Crippen LogP contribution in [0.3, 0.4) is 0 Å². The molecule has 1 saturated carbocycles. The van der Waals surface area contributed by atoms with Crippen LogP contribution in [0.2, 0.25) is 0 Å². The fourth-order valence-electron chi connectivity index (χ4n) is 3.53. The predicted molar refractivity (Wildman–Crippen MR) is 128 cm³/mol. The Morgan fingerprint density at radius 3 is 2.71 bits per heavy atom. The van der Waals surface area contributed by atoms with E-state index >= 15 is 0 Å². The summed E-state index contributed by atoms with van der Waals surface area (Å²) in [5, 5.41) is 16.2. The van der Waals surface area contributed by atoms with Crippen molar-refractivity contribution in [2.75, 3.05) is 5.32 Å². The highest BCUT2D eigenvalue weighted by Crippen LogP contribution is 2.53. The summed E-state index contributed by atoms with van der Waals surface area (Å²) in [6, 6.07) is 11.1. The summed E-state index contributed by atoms with van der Waals surface area (Å²) in [5.74, 6) is 4.72. The molecule has 1 aromatic carbocycles. The first-order valence-electron chi connectivity index (χ1n) is 10.3. The Labute approximate surface area is 201 Å². The number of nitrogens with one attached hydrogen (secondary N) is 1. The number of rotatable bonds is 5. The molecule has 10 heteroatoms. The standard InChI is InChI=1S/C24H18FN3O4S2/c1-28-21(27-23(31)32-13-14-5-3-2-4-6-14)15(12-26-28)7-8-16-19(25)20-17(33-16)11-18(34-20)24(9-10-24)22(29)30/h2-6,11-12H,9-10,13H2,1H3,(H,27,31)(H,29,30). The molecule has 34 heavy (non-hydrogen) atoms. The summed E-state index contributed by atoms with van der Waals surface area (Å²) < 4.78 is 22.8. The number of carbonyl (C=O) groups is 2. The smallest absolute Gasteiger partial charge is 0.413 e. The van der Waals surface area contributed by atoms with E-state index in [1.54, 1.807) is 13.1 Å². The molecule has 1 amide bonds. The van der Waals surface area contributed by atoms with Crippen molar-refractivity contribution in [1.82, 2.24) is 9.78 Å². The van der Waals surface area contributed by atoms with Crippen molar-refractivity contribution in [2.24, 2.45) is 7.05 Å². The maximum Gasteiger partial charge on any atom is 0.413 e. The molecule has 1 aliphatic carbocycles. The van der Waals surface area contributed by atoms with E-state index in [1.807, 2.05) is 30.3 Å². The van der Waals surface area contributed by atoms with E-state index in [1.165, 1.54) is 33.6 Å². The fraction of sp³-hybridized carbons (Fsp3) is 0.208. The van der Waals surface area contributed by atoms with E-state index < -0.39 is 23.3 Å². The predicted octanol–water partition coefficient (Wildman–Crippen LogP) is 5.10. The molecule has 0 spiro atoms. The second-order valence-corrected chi connectivity index (χ2v) is 10.0. The van der Waals surface area contributed by atoms with E-state index in [-0.39, 0.29) is 11.5 Å². The Morgan fingerprint density at radius 2 is 2.03 bits per heavy atom. The van der Waals surface area contributed by atoms with Crippen LogP contribution in [-0.4, -0.2) is 26.9 Å². The molecule has 1 aliphatic rings. The average molecular weight is 496 g/mol. The number of carboxylic acid groups (broad SMARTS) is 1. The highest BCUT2D eigenvalue weighted by molar-refractivity contribution is 7.28. The van der Waals surface area contributed by atoms with Gasteiger partial charge in [-0.2, -0.15) is 5.10 Å². The van der Waals surface area contributed by atoms with E-state index in [4.69, 9.17) is 4.74 Å². The van der Waals surface area contributed by atoms with Gasteiger partial charge in [0, 0.05) is 16.6 Å². The fourth-order valence-corrected chi connectivity index (χ4v) is 6.02. The van der Waals surface area contributed by atoms with Crippen molar-refractivity contribution >= 4 is 50.0 Å². The Hall–Kier alpha value is -3.68. The third-order valence-electron chi connectivity index (χ3n) is 5.62. The molecule has 2 N–H and O–H groups in total. The average Bonchev–Trinajstić information content (AvgIpc) is 3.32. The number of hydrogen-bond donors (Lipinski definition) is 2. The first-order chi connectivity index (χ1) is 16.4. The maximum atomic E-state index is 15.0. The SMILES string of the molecule is Cn1ncc(C#Cc2sc3cc(C4(C(=O)O)CC4)sc3c2F)c1NC(=O)OCc1ccccc1. The van der Waals surface area contributed by atoms with Crippen LogP contribution in [0.4, 0.5) is 15.0 Å². The second kappa shape index (κ2) is 8.59. The summed E-state index contributed by atoms with van der Waals surface area (Å²) in [6.07, 6.45) is 1.98. The molecular formula is C24H18FN3O4S2. The van der Waals surface area contributed by atoms with Gasteiger partial charge in [-0.25, -0.2) is 9.18 Å². The van der Waals surface area contributed by atoms with Crippen molar-refractivity contribution in [3.63, 3.8) is 0 Å². The number of halogens is 1. The van der Waals surface area contributed by atoms with Crippen molar-refractivity contribution in [3.05, 3.63) is 69.3 Å². The molecule has 0 aliphatic heterocycles. The van der Waals surface area contributed by atoms with Gasteiger partial charge >= 0.3 is 12.1 Å². The number of amides is 1. The number of aryl methyl sites for hydroxylation is 1. The number of hydrogen-bond acceptors (Lipinski definition) is 6. The number of thiophene rings is 2. The molecule has 0 unspecified atom stereocenters. The molecule has 4 aromatic rings. The van der Waals surface area contributed by atoms with E-state index in [0.717, 1.165) is 5.56 Å². The van der Waals surface area contributed by atoms with Gasteiger partial charge < -0.3 is 9.84 Å². The highest BCUT2D eigenvalue weighted by atomic mass is 32.1. The van der Waals surface area contributed by atoms with Gasteiger partial charge in [0.25, 0.3) is 0 Å². The number of benzene rings is 1. The number of carboxylic acids is 1. The number of carbonyl (C=O) groups excluding carboxylic acids is 1. The third-order valence-corrected chi connectivity index (χ3v) is 8.11. The molecular weight excluding hydrogens is 477 g/mol.